The Morgan fingerprint density at radius 1 is 1.18 bits per heavy atom. The third-order valence-corrected chi connectivity index (χ3v) is 4.13. The van der Waals surface area contributed by atoms with Crippen LogP contribution in [-0.2, 0) is 6.42 Å². The molecule has 4 heteroatoms. The highest BCUT2D eigenvalue weighted by Gasteiger charge is 2.31. The number of urea groups is 1. The number of hydrogen-bond acceptors (Lipinski definition) is 2. The van der Waals surface area contributed by atoms with Gasteiger partial charge in [0.25, 0.3) is 0 Å². The Hall–Kier alpha value is -2.33. The van der Waals surface area contributed by atoms with Gasteiger partial charge < -0.3 is 15.7 Å². The van der Waals surface area contributed by atoms with Gasteiger partial charge in [-0.3, -0.25) is 0 Å². The lowest BCUT2D eigenvalue weighted by molar-refractivity contribution is 0.144. The Bertz CT molecular complexity index is 712. The Morgan fingerprint density at radius 2 is 1.95 bits per heavy atom. The fourth-order valence-electron chi connectivity index (χ4n) is 2.92. The Labute approximate surface area is 130 Å². The van der Waals surface area contributed by atoms with Crippen molar-refractivity contribution in [3.63, 3.8) is 0 Å². The number of fused-ring (bicyclic) bond motifs is 1. The SMILES string of the molecule is Cc1ccc(C)c(NC(=O)N[C@H]2c3ccccc3C[C@H]2O)c1. The summed E-state index contributed by atoms with van der Waals surface area (Å²) in [7, 11) is 0. The molecule has 3 rings (SSSR count). The Kier molecular flexibility index (Phi) is 3.86. The third-order valence-electron chi connectivity index (χ3n) is 4.13. The van der Waals surface area contributed by atoms with Gasteiger partial charge in [0.1, 0.15) is 0 Å². The molecule has 1 aliphatic rings. The molecule has 0 saturated heterocycles. The minimum atomic E-state index is -0.582. The van der Waals surface area contributed by atoms with Crippen LogP contribution in [0.1, 0.15) is 28.3 Å². The molecule has 1 aliphatic carbocycles. The van der Waals surface area contributed by atoms with Crippen molar-refractivity contribution in [3.05, 3.63) is 64.7 Å². The van der Waals surface area contributed by atoms with E-state index in [4.69, 9.17) is 0 Å². The van der Waals surface area contributed by atoms with Crippen molar-refractivity contribution in [2.45, 2.75) is 32.4 Å². The second-order valence-electron chi connectivity index (χ2n) is 5.86. The molecule has 114 valence electrons. The summed E-state index contributed by atoms with van der Waals surface area (Å²) in [5.74, 6) is 0. The van der Waals surface area contributed by atoms with Crippen molar-refractivity contribution in [3.8, 4) is 0 Å². The number of rotatable bonds is 2. The average Bonchev–Trinajstić information content (AvgIpc) is 2.79. The van der Waals surface area contributed by atoms with Crippen molar-refractivity contribution in [1.82, 2.24) is 5.32 Å². The van der Waals surface area contributed by atoms with E-state index in [0.29, 0.717) is 6.42 Å². The highest BCUT2D eigenvalue weighted by Crippen LogP contribution is 2.31. The predicted molar refractivity (Wildman–Crippen MR) is 87.0 cm³/mol. The minimum Gasteiger partial charge on any atom is -0.390 e. The summed E-state index contributed by atoms with van der Waals surface area (Å²) < 4.78 is 0. The van der Waals surface area contributed by atoms with Crippen LogP contribution in [0.25, 0.3) is 0 Å². The number of benzene rings is 2. The van der Waals surface area contributed by atoms with Gasteiger partial charge in [0.15, 0.2) is 0 Å². The number of nitrogens with one attached hydrogen (secondary N) is 2. The third kappa shape index (κ3) is 2.83. The number of carbonyl (C=O) groups is 1. The lowest BCUT2D eigenvalue weighted by atomic mass is 10.1. The molecule has 4 nitrogen and oxygen atoms in total. The summed E-state index contributed by atoms with van der Waals surface area (Å²) in [6.07, 6.45) is -0.00771. The van der Waals surface area contributed by atoms with Crippen molar-refractivity contribution in [1.29, 1.82) is 0 Å². The van der Waals surface area contributed by atoms with E-state index in [-0.39, 0.29) is 12.1 Å². The molecule has 0 unspecified atom stereocenters. The maximum absolute atomic E-state index is 12.3. The molecule has 0 heterocycles. The monoisotopic (exact) mass is 296 g/mol. The molecule has 0 radical (unpaired) electrons. The number of aliphatic hydroxyl groups excluding tert-OH is 1. The first-order valence-electron chi connectivity index (χ1n) is 7.45. The largest absolute Gasteiger partial charge is 0.390 e. The Balaban J connectivity index is 1.73. The number of amides is 2. The van der Waals surface area contributed by atoms with Crippen LogP contribution in [-0.4, -0.2) is 17.2 Å². The first kappa shape index (κ1) is 14.6. The van der Waals surface area contributed by atoms with E-state index >= 15 is 0 Å². The van der Waals surface area contributed by atoms with E-state index in [2.05, 4.69) is 10.6 Å². The zero-order valence-electron chi connectivity index (χ0n) is 12.8. The number of hydrogen-bond donors (Lipinski definition) is 3. The van der Waals surface area contributed by atoms with Gasteiger partial charge in [-0.1, -0.05) is 36.4 Å². The molecule has 0 fully saturated rings. The summed E-state index contributed by atoms with van der Waals surface area (Å²) in [6, 6.07) is 13.1. The number of carbonyl (C=O) groups excluding carboxylic acids is 1. The molecule has 3 N–H and O–H groups in total. The molecule has 2 amide bonds. The quantitative estimate of drug-likeness (QED) is 0.797. The van der Waals surface area contributed by atoms with Gasteiger partial charge in [-0.2, -0.15) is 0 Å². The van der Waals surface area contributed by atoms with Crippen molar-refractivity contribution < 1.29 is 9.90 Å². The van der Waals surface area contributed by atoms with Crippen molar-refractivity contribution >= 4 is 11.7 Å². The zero-order valence-corrected chi connectivity index (χ0v) is 12.8. The van der Waals surface area contributed by atoms with Crippen LogP contribution >= 0.6 is 0 Å². The highest BCUT2D eigenvalue weighted by atomic mass is 16.3. The van der Waals surface area contributed by atoms with Crippen LogP contribution in [0.2, 0.25) is 0 Å². The normalized spacial score (nSPS) is 19.6. The molecular weight excluding hydrogens is 276 g/mol. The van der Waals surface area contributed by atoms with Gasteiger partial charge in [-0.25, -0.2) is 4.79 Å². The van der Waals surface area contributed by atoms with E-state index in [9.17, 15) is 9.90 Å². The van der Waals surface area contributed by atoms with Crippen LogP contribution in [0.5, 0.6) is 0 Å². The molecule has 0 bridgehead atoms. The number of anilines is 1. The molecule has 0 saturated carbocycles. The summed E-state index contributed by atoms with van der Waals surface area (Å²) >= 11 is 0. The minimum absolute atomic E-state index is 0.297. The van der Waals surface area contributed by atoms with Crippen LogP contribution < -0.4 is 10.6 Å². The highest BCUT2D eigenvalue weighted by molar-refractivity contribution is 5.90. The van der Waals surface area contributed by atoms with E-state index in [1.54, 1.807) is 0 Å². The summed E-state index contributed by atoms with van der Waals surface area (Å²) in [5.41, 5.74) is 4.97. The van der Waals surface area contributed by atoms with Crippen LogP contribution in [0.3, 0.4) is 0 Å². The van der Waals surface area contributed by atoms with E-state index in [1.165, 1.54) is 0 Å². The lowest BCUT2D eigenvalue weighted by Crippen LogP contribution is -2.36. The number of aliphatic hydroxyl groups is 1. The second kappa shape index (κ2) is 5.81. The molecule has 2 aromatic carbocycles. The molecule has 2 atom stereocenters. The van der Waals surface area contributed by atoms with Gasteiger partial charge in [0, 0.05) is 12.1 Å². The summed E-state index contributed by atoms with van der Waals surface area (Å²) in [6.45, 7) is 3.94. The van der Waals surface area contributed by atoms with Crippen molar-refractivity contribution in [2.75, 3.05) is 5.32 Å². The van der Waals surface area contributed by atoms with E-state index in [0.717, 1.165) is 27.9 Å². The summed E-state index contributed by atoms with van der Waals surface area (Å²) in [5, 5.41) is 15.9. The predicted octanol–water partition coefficient (Wildman–Crippen LogP) is 3.08. The van der Waals surface area contributed by atoms with Crippen LogP contribution in [0.15, 0.2) is 42.5 Å². The van der Waals surface area contributed by atoms with Gasteiger partial charge in [0.05, 0.1) is 12.1 Å². The van der Waals surface area contributed by atoms with E-state index in [1.807, 2.05) is 56.3 Å². The van der Waals surface area contributed by atoms with Gasteiger partial charge in [-0.05, 0) is 42.2 Å². The molecule has 2 aromatic rings. The lowest BCUT2D eigenvalue weighted by Gasteiger charge is -2.19. The fourth-order valence-corrected chi connectivity index (χ4v) is 2.92. The first-order valence-corrected chi connectivity index (χ1v) is 7.45. The van der Waals surface area contributed by atoms with Gasteiger partial charge in [-0.15, -0.1) is 0 Å². The number of aryl methyl sites for hydroxylation is 2. The first-order chi connectivity index (χ1) is 10.5. The van der Waals surface area contributed by atoms with E-state index < -0.39 is 6.10 Å². The van der Waals surface area contributed by atoms with Gasteiger partial charge >= 0.3 is 6.03 Å². The molecular formula is C18H20N2O2. The average molecular weight is 296 g/mol. The molecule has 0 spiro atoms. The smallest absolute Gasteiger partial charge is 0.319 e. The fraction of sp³-hybridized carbons (Fsp3) is 0.278. The maximum Gasteiger partial charge on any atom is 0.319 e. The van der Waals surface area contributed by atoms with Crippen LogP contribution in [0.4, 0.5) is 10.5 Å². The molecule has 0 aromatic heterocycles. The standard InChI is InChI=1S/C18H20N2O2/c1-11-7-8-12(2)15(9-11)19-18(22)20-17-14-6-4-3-5-13(14)10-16(17)21/h3-9,16-17,21H,10H2,1-2H3,(H2,19,20,22)/t16-,17+/m1/s1. The molecule has 0 aliphatic heterocycles. The van der Waals surface area contributed by atoms with Crippen LogP contribution in [0, 0.1) is 13.8 Å². The zero-order chi connectivity index (χ0) is 15.7. The maximum atomic E-state index is 12.3. The second-order valence-corrected chi connectivity index (χ2v) is 5.86. The van der Waals surface area contributed by atoms with Gasteiger partial charge in [0.2, 0.25) is 0 Å². The summed E-state index contributed by atoms with van der Waals surface area (Å²) in [4.78, 5) is 12.3. The topological polar surface area (TPSA) is 61.4 Å². The molecule has 22 heavy (non-hydrogen) atoms. The van der Waals surface area contributed by atoms with Crippen molar-refractivity contribution in [2.24, 2.45) is 0 Å². The Morgan fingerprint density at radius 3 is 2.77 bits per heavy atom.